The van der Waals surface area contributed by atoms with Gasteiger partial charge < -0.3 is 5.32 Å². The van der Waals surface area contributed by atoms with Gasteiger partial charge in [0.1, 0.15) is 5.82 Å². The lowest BCUT2D eigenvalue weighted by Gasteiger charge is -2.14. The molecule has 1 atom stereocenters. The van der Waals surface area contributed by atoms with Crippen molar-refractivity contribution in [3.05, 3.63) is 68.4 Å². The molecule has 0 aliphatic heterocycles. The molecule has 2 aromatic carbocycles. The lowest BCUT2D eigenvalue weighted by Crippen LogP contribution is -2.18. The first-order valence-electron chi connectivity index (χ1n) is 5.99. The molecule has 0 spiro atoms. The van der Waals surface area contributed by atoms with Crippen molar-refractivity contribution >= 4 is 31.9 Å². The van der Waals surface area contributed by atoms with E-state index in [0.29, 0.717) is 11.0 Å². The van der Waals surface area contributed by atoms with Gasteiger partial charge in [0.2, 0.25) is 0 Å². The molecule has 19 heavy (non-hydrogen) atoms. The van der Waals surface area contributed by atoms with E-state index in [4.69, 9.17) is 0 Å². The zero-order valence-corrected chi connectivity index (χ0v) is 13.6. The Morgan fingerprint density at radius 3 is 2.42 bits per heavy atom. The van der Waals surface area contributed by atoms with Gasteiger partial charge in [0.05, 0.1) is 4.47 Å². The molecule has 2 aromatic rings. The number of benzene rings is 2. The molecule has 2 rings (SSSR count). The van der Waals surface area contributed by atoms with Crippen LogP contribution in [0.2, 0.25) is 0 Å². The zero-order chi connectivity index (χ0) is 13.8. The largest absolute Gasteiger partial charge is 0.306 e. The number of hydrogen-bond acceptors (Lipinski definition) is 1. The van der Waals surface area contributed by atoms with Crippen molar-refractivity contribution in [2.45, 2.75) is 19.5 Å². The summed E-state index contributed by atoms with van der Waals surface area (Å²) < 4.78 is 14.7. The van der Waals surface area contributed by atoms with Crippen LogP contribution in [0.1, 0.15) is 24.1 Å². The molecule has 0 aliphatic rings. The highest BCUT2D eigenvalue weighted by molar-refractivity contribution is 9.10. The minimum absolute atomic E-state index is 0.232. The summed E-state index contributed by atoms with van der Waals surface area (Å²) in [6, 6.07) is 13.6. The van der Waals surface area contributed by atoms with Crippen LogP contribution >= 0.6 is 31.9 Å². The molecule has 0 aliphatic carbocycles. The third kappa shape index (κ3) is 4.13. The van der Waals surface area contributed by atoms with Crippen LogP contribution in [0.25, 0.3) is 0 Å². The molecule has 4 heteroatoms. The number of hydrogen-bond donors (Lipinski definition) is 1. The third-order valence-corrected chi connectivity index (χ3v) is 4.10. The van der Waals surface area contributed by atoms with E-state index in [-0.39, 0.29) is 11.9 Å². The zero-order valence-electron chi connectivity index (χ0n) is 10.5. The van der Waals surface area contributed by atoms with E-state index in [1.165, 1.54) is 11.6 Å². The topological polar surface area (TPSA) is 12.0 Å². The van der Waals surface area contributed by atoms with Gasteiger partial charge in [-0.05, 0) is 58.2 Å². The van der Waals surface area contributed by atoms with E-state index in [1.807, 2.05) is 12.1 Å². The van der Waals surface area contributed by atoms with E-state index < -0.39 is 0 Å². The normalized spacial score (nSPS) is 12.4. The van der Waals surface area contributed by atoms with Gasteiger partial charge >= 0.3 is 0 Å². The van der Waals surface area contributed by atoms with E-state index in [1.54, 1.807) is 12.1 Å². The second-order valence-electron chi connectivity index (χ2n) is 4.40. The van der Waals surface area contributed by atoms with Crippen LogP contribution in [0.4, 0.5) is 4.39 Å². The van der Waals surface area contributed by atoms with E-state index in [2.05, 4.69) is 56.2 Å². The van der Waals surface area contributed by atoms with Crippen molar-refractivity contribution in [3.63, 3.8) is 0 Å². The van der Waals surface area contributed by atoms with Crippen LogP contribution in [-0.2, 0) is 6.54 Å². The summed E-state index contributed by atoms with van der Waals surface area (Å²) in [6.07, 6.45) is 0. The molecule has 0 aromatic heterocycles. The Bertz CT molecular complexity index is 555. The first kappa shape index (κ1) is 14.7. The van der Waals surface area contributed by atoms with Crippen molar-refractivity contribution in [3.8, 4) is 0 Å². The maximum absolute atomic E-state index is 13.1. The first-order chi connectivity index (χ1) is 9.06. The summed E-state index contributed by atoms with van der Waals surface area (Å²) in [4.78, 5) is 0. The standard InChI is InChI=1S/C15H14Br2FN/c1-10(12-3-5-13(16)6-4-12)19-9-11-2-7-15(18)14(17)8-11/h2-8,10,19H,9H2,1H3/t10-/m1/s1. The monoisotopic (exact) mass is 385 g/mol. The summed E-state index contributed by atoms with van der Waals surface area (Å²) >= 11 is 6.62. The number of rotatable bonds is 4. The Morgan fingerprint density at radius 1 is 1.11 bits per heavy atom. The fraction of sp³-hybridized carbons (Fsp3) is 0.200. The summed E-state index contributed by atoms with van der Waals surface area (Å²) in [6.45, 7) is 2.82. The fourth-order valence-electron chi connectivity index (χ4n) is 1.79. The molecule has 0 fully saturated rings. The maximum atomic E-state index is 13.1. The summed E-state index contributed by atoms with van der Waals surface area (Å²) in [5.41, 5.74) is 2.28. The van der Waals surface area contributed by atoms with Crippen molar-refractivity contribution < 1.29 is 4.39 Å². The number of halogens is 3. The number of nitrogens with one attached hydrogen (secondary N) is 1. The van der Waals surface area contributed by atoms with Gasteiger partial charge in [-0.2, -0.15) is 0 Å². The SMILES string of the molecule is C[C@@H](NCc1ccc(F)c(Br)c1)c1ccc(Br)cc1. The van der Waals surface area contributed by atoms with Crippen LogP contribution in [0.3, 0.4) is 0 Å². The predicted octanol–water partition coefficient (Wildman–Crippen LogP) is 5.20. The maximum Gasteiger partial charge on any atom is 0.137 e. The Morgan fingerprint density at radius 2 is 1.79 bits per heavy atom. The molecule has 100 valence electrons. The molecule has 1 N–H and O–H groups in total. The molecular weight excluding hydrogens is 373 g/mol. The minimum atomic E-state index is -0.232. The molecule has 1 nitrogen and oxygen atoms in total. The third-order valence-electron chi connectivity index (χ3n) is 2.97. The Labute approximate surface area is 129 Å². The summed E-state index contributed by atoms with van der Waals surface area (Å²) in [7, 11) is 0. The van der Waals surface area contributed by atoms with E-state index in [9.17, 15) is 4.39 Å². The van der Waals surface area contributed by atoms with Crippen molar-refractivity contribution in [1.29, 1.82) is 0 Å². The lowest BCUT2D eigenvalue weighted by molar-refractivity contribution is 0.572. The van der Waals surface area contributed by atoms with Gasteiger partial charge in [-0.25, -0.2) is 4.39 Å². The molecule has 0 heterocycles. The minimum Gasteiger partial charge on any atom is -0.306 e. The molecule has 0 unspecified atom stereocenters. The van der Waals surface area contributed by atoms with Gasteiger partial charge in [-0.15, -0.1) is 0 Å². The molecule has 0 saturated heterocycles. The molecule has 0 saturated carbocycles. The van der Waals surface area contributed by atoms with Crippen LogP contribution < -0.4 is 5.32 Å². The van der Waals surface area contributed by atoms with E-state index >= 15 is 0 Å². The second-order valence-corrected chi connectivity index (χ2v) is 6.17. The van der Waals surface area contributed by atoms with Gasteiger partial charge in [0.25, 0.3) is 0 Å². The van der Waals surface area contributed by atoms with Crippen LogP contribution in [-0.4, -0.2) is 0 Å². The highest BCUT2D eigenvalue weighted by atomic mass is 79.9. The lowest BCUT2D eigenvalue weighted by atomic mass is 10.1. The van der Waals surface area contributed by atoms with Gasteiger partial charge in [-0.1, -0.05) is 34.1 Å². The van der Waals surface area contributed by atoms with Crippen LogP contribution in [0.5, 0.6) is 0 Å². The highest BCUT2D eigenvalue weighted by Gasteiger charge is 2.06. The Hall–Kier alpha value is -0.710. The van der Waals surface area contributed by atoms with Gasteiger partial charge in [0.15, 0.2) is 0 Å². The van der Waals surface area contributed by atoms with Crippen molar-refractivity contribution in [1.82, 2.24) is 5.32 Å². The smallest absolute Gasteiger partial charge is 0.137 e. The molecular formula is C15H14Br2FN. The molecule has 0 amide bonds. The van der Waals surface area contributed by atoms with Crippen LogP contribution in [0, 0.1) is 5.82 Å². The highest BCUT2D eigenvalue weighted by Crippen LogP contribution is 2.19. The molecule has 0 radical (unpaired) electrons. The van der Waals surface area contributed by atoms with Gasteiger partial charge in [0, 0.05) is 17.1 Å². The van der Waals surface area contributed by atoms with Crippen molar-refractivity contribution in [2.24, 2.45) is 0 Å². The van der Waals surface area contributed by atoms with E-state index in [0.717, 1.165) is 10.0 Å². The summed E-state index contributed by atoms with van der Waals surface area (Å²) in [5, 5.41) is 3.42. The van der Waals surface area contributed by atoms with Crippen LogP contribution in [0.15, 0.2) is 51.4 Å². The second kappa shape index (κ2) is 6.64. The fourth-order valence-corrected chi connectivity index (χ4v) is 2.48. The molecule has 0 bridgehead atoms. The quantitative estimate of drug-likeness (QED) is 0.761. The van der Waals surface area contributed by atoms with Gasteiger partial charge in [-0.3, -0.25) is 0 Å². The first-order valence-corrected chi connectivity index (χ1v) is 7.57. The average Bonchev–Trinajstić information content (AvgIpc) is 2.40. The van der Waals surface area contributed by atoms with Crippen molar-refractivity contribution in [2.75, 3.05) is 0 Å². The summed E-state index contributed by atoms with van der Waals surface area (Å²) in [5.74, 6) is -0.232. The Kier molecular flexibility index (Phi) is 5.13. The predicted molar refractivity (Wildman–Crippen MR) is 83.5 cm³/mol. The Balaban J connectivity index is 1.98. The average molecular weight is 387 g/mol.